The summed E-state index contributed by atoms with van der Waals surface area (Å²) in [5.74, 6) is 0.829. The highest BCUT2D eigenvalue weighted by Crippen LogP contribution is 2.22. The predicted octanol–water partition coefficient (Wildman–Crippen LogP) is 4.11. The lowest BCUT2D eigenvalue weighted by Crippen LogP contribution is -2.18. The Morgan fingerprint density at radius 1 is 1.07 bits per heavy atom. The number of amides is 1. The Labute approximate surface area is 159 Å². The van der Waals surface area contributed by atoms with E-state index in [-0.39, 0.29) is 5.91 Å². The molecule has 3 rings (SSSR count). The van der Waals surface area contributed by atoms with Gasteiger partial charge in [-0.2, -0.15) is 0 Å². The fourth-order valence-electron chi connectivity index (χ4n) is 2.81. The lowest BCUT2D eigenvalue weighted by Gasteiger charge is -2.13. The normalized spacial score (nSPS) is 10.8. The van der Waals surface area contributed by atoms with Gasteiger partial charge in [0.25, 0.3) is 0 Å². The molecule has 0 aliphatic heterocycles. The zero-order valence-corrected chi connectivity index (χ0v) is 15.6. The fraction of sp³-hybridized carbons (Fsp3) is 0.227. The number of nitrogen functional groups attached to an aromatic ring is 1. The molecule has 27 heavy (non-hydrogen) atoms. The molecule has 1 amide bonds. The zero-order valence-electron chi connectivity index (χ0n) is 15.6. The summed E-state index contributed by atoms with van der Waals surface area (Å²) in [6.45, 7) is 4.24. The number of aromatic nitrogens is 2. The maximum absolute atomic E-state index is 12.4. The molecular formula is C22H24N4O. The molecule has 0 bridgehead atoms. The van der Waals surface area contributed by atoms with Crippen molar-refractivity contribution in [2.24, 2.45) is 5.92 Å². The van der Waals surface area contributed by atoms with Crippen LogP contribution in [0.25, 0.3) is 11.3 Å². The van der Waals surface area contributed by atoms with Gasteiger partial charge in [-0.25, -0.2) is 9.97 Å². The molecule has 2 aromatic carbocycles. The third kappa shape index (κ3) is 5.14. The van der Waals surface area contributed by atoms with Crippen LogP contribution in [0.15, 0.2) is 60.8 Å². The minimum atomic E-state index is -0.0965. The highest BCUT2D eigenvalue weighted by Gasteiger charge is 2.14. The lowest BCUT2D eigenvalue weighted by molar-refractivity contribution is -0.115. The number of carbonyl (C=O) groups is 1. The number of hydrogen-bond acceptors (Lipinski definition) is 4. The van der Waals surface area contributed by atoms with E-state index in [9.17, 15) is 4.79 Å². The largest absolute Gasteiger partial charge is 0.399 e. The third-order valence-corrected chi connectivity index (χ3v) is 4.12. The van der Waals surface area contributed by atoms with E-state index in [4.69, 9.17) is 10.7 Å². The second-order valence-corrected chi connectivity index (χ2v) is 6.98. The first-order chi connectivity index (χ1) is 13.0. The Hall–Kier alpha value is -3.21. The van der Waals surface area contributed by atoms with Crippen molar-refractivity contribution in [2.75, 3.05) is 11.1 Å². The summed E-state index contributed by atoms with van der Waals surface area (Å²) >= 11 is 0. The van der Waals surface area contributed by atoms with Gasteiger partial charge in [0.1, 0.15) is 0 Å². The first-order valence-corrected chi connectivity index (χ1v) is 9.07. The Bertz CT molecular complexity index is 905. The minimum Gasteiger partial charge on any atom is -0.399 e. The van der Waals surface area contributed by atoms with Crippen LogP contribution in [0.1, 0.15) is 25.1 Å². The molecule has 3 aromatic rings. The van der Waals surface area contributed by atoms with Gasteiger partial charge in [0, 0.05) is 11.3 Å². The fourth-order valence-corrected chi connectivity index (χ4v) is 2.81. The summed E-state index contributed by atoms with van der Waals surface area (Å²) in [5.41, 5.74) is 9.94. The molecule has 138 valence electrons. The summed E-state index contributed by atoms with van der Waals surface area (Å²) in [5, 5.41) is 2.92. The van der Waals surface area contributed by atoms with Crippen molar-refractivity contribution < 1.29 is 4.79 Å². The average Bonchev–Trinajstić information content (AvgIpc) is 2.64. The van der Waals surface area contributed by atoms with Crippen LogP contribution in [-0.4, -0.2) is 15.9 Å². The molecule has 0 saturated heterocycles. The molecule has 0 unspecified atom stereocenters. The van der Waals surface area contributed by atoms with Crippen molar-refractivity contribution in [3.8, 4) is 11.3 Å². The predicted molar refractivity (Wildman–Crippen MR) is 109 cm³/mol. The van der Waals surface area contributed by atoms with Gasteiger partial charge < -0.3 is 11.1 Å². The molecule has 0 spiro atoms. The smallest absolute Gasteiger partial charge is 0.229 e. The topological polar surface area (TPSA) is 80.9 Å². The highest BCUT2D eigenvalue weighted by atomic mass is 16.1. The number of benzene rings is 2. The van der Waals surface area contributed by atoms with Gasteiger partial charge in [0.05, 0.1) is 24.0 Å². The Balaban J connectivity index is 1.83. The number of nitrogens with zero attached hydrogens (tertiary/aromatic N) is 2. The number of nitrogens with two attached hydrogens (primary N) is 1. The number of rotatable bonds is 6. The van der Waals surface area contributed by atoms with Crippen molar-refractivity contribution in [3.63, 3.8) is 0 Å². The first-order valence-electron chi connectivity index (χ1n) is 9.07. The highest BCUT2D eigenvalue weighted by molar-refractivity contribution is 5.92. The maximum Gasteiger partial charge on any atom is 0.229 e. The summed E-state index contributed by atoms with van der Waals surface area (Å²) < 4.78 is 0. The van der Waals surface area contributed by atoms with Crippen molar-refractivity contribution in [3.05, 3.63) is 72.1 Å². The third-order valence-electron chi connectivity index (χ3n) is 4.12. The van der Waals surface area contributed by atoms with Gasteiger partial charge in [0.2, 0.25) is 5.91 Å². The molecular weight excluding hydrogens is 336 g/mol. The van der Waals surface area contributed by atoms with Gasteiger partial charge in [0.15, 0.2) is 5.82 Å². The SMILES string of the molecule is CC(C)Cc1nc(-c2ccc(N)cc2)cnc1NC(=O)Cc1ccccc1. The molecule has 5 heteroatoms. The molecule has 0 fully saturated rings. The Morgan fingerprint density at radius 2 is 1.78 bits per heavy atom. The van der Waals surface area contributed by atoms with Gasteiger partial charge >= 0.3 is 0 Å². The summed E-state index contributed by atoms with van der Waals surface area (Å²) in [4.78, 5) is 21.7. The van der Waals surface area contributed by atoms with Crippen LogP contribution in [0.5, 0.6) is 0 Å². The number of anilines is 2. The van der Waals surface area contributed by atoms with Gasteiger partial charge in [-0.1, -0.05) is 56.3 Å². The van der Waals surface area contributed by atoms with Crippen LogP contribution in [0.4, 0.5) is 11.5 Å². The van der Waals surface area contributed by atoms with E-state index in [1.54, 1.807) is 6.20 Å². The van der Waals surface area contributed by atoms with E-state index in [2.05, 4.69) is 24.1 Å². The molecule has 0 atom stereocenters. The van der Waals surface area contributed by atoms with E-state index >= 15 is 0 Å². The van der Waals surface area contributed by atoms with Crippen LogP contribution in [0, 0.1) is 5.92 Å². The first kappa shape index (κ1) is 18.6. The van der Waals surface area contributed by atoms with Crippen molar-refractivity contribution >= 4 is 17.4 Å². The summed E-state index contributed by atoms with van der Waals surface area (Å²) in [7, 11) is 0. The van der Waals surface area contributed by atoms with Crippen molar-refractivity contribution in [2.45, 2.75) is 26.7 Å². The summed E-state index contributed by atoms with van der Waals surface area (Å²) in [6.07, 6.45) is 2.73. The average molecular weight is 360 g/mol. The Morgan fingerprint density at radius 3 is 2.44 bits per heavy atom. The standard InChI is InChI=1S/C22H24N4O/c1-15(2)12-19-22(26-21(27)13-16-6-4-3-5-7-16)24-14-20(25-19)17-8-10-18(23)11-9-17/h3-11,14-15H,12-13,23H2,1-2H3,(H,24,26,27). The number of carbonyl (C=O) groups excluding carboxylic acids is 1. The minimum absolute atomic E-state index is 0.0965. The molecule has 3 N–H and O–H groups in total. The van der Waals surface area contributed by atoms with Crippen LogP contribution < -0.4 is 11.1 Å². The van der Waals surface area contributed by atoms with Gasteiger partial charge in [-0.15, -0.1) is 0 Å². The van der Waals surface area contributed by atoms with Crippen molar-refractivity contribution in [1.29, 1.82) is 0 Å². The van der Waals surface area contributed by atoms with E-state index in [1.165, 1.54) is 0 Å². The van der Waals surface area contributed by atoms with E-state index in [1.807, 2.05) is 54.6 Å². The molecule has 0 aliphatic carbocycles. The molecule has 1 heterocycles. The number of nitrogens with one attached hydrogen (secondary N) is 1. The van der Waals surface area contributed by atoms with Crippen molar-refractivity contribution in [1.82, 2.24) is 9.97 Å². The van der Waals surface area contributed by atoms with E-state index in [0.29, 0.717) is 23.8 Å². The lowest BCUT2D eigenvalue weighted by atomic mass is 10.1. The molecule has 0 saturated carbocycles. The van der Waals surface area contributed by atoms with E-state index in [0.717, 1.165) is 28.9 Å². The molecule has 0 radical (unpaired) electrons. The monoisotopic (exact) mass is 360 g/mol. The van der Waals surface area contributed by atoms with Crippen LogP contribution in [0.2, 0.25) is 0 Å². The van der Waals surface area contributed by atoms with E-state index < -0.39 is 0 Å². The second-order valence-electron chi connectivity index (χ2n) is 6.98. The van der Waals surface area contributed by atoms with Crippen LogP contribution in [-0.2, 0) is 17.6 Å². The van der Waals surface area contributed by atoms with Crippen LogP contribution >= 0.6 is 0 Å². The molecule has 5 nitrogen and oxygen atoms in total. The summed E-state index contributed by atoms with van der Waals surface area (Å²) in [6, 6.07) is 17.2. The van der Waals surface area contributed by atoms with Crippen LogP contribution in [0.3, 0.4) is 0 Å². The number of hydrogen-bond donors (Lipinski definition) is 2. The second kappa shape index (κ2) is 8.45. The zero-order chi connectivity index (χ0) is 19.2. The van der Waals surface area contributed by atoms with Gasteiger partial charge in [-0.05, 0) is 30.0 Å². The van der Waals surface area contributed by atoms with Gasteiger partial charge in [-0.3, -0.25) is 4.79 Å². The maximum atomic E-state index is 12.4. The Kier molecular flexibility index (Phi) is 5.81. The quantitative estimate of drug-likeness (QED) is 0.648. The molecule has 1 aromatic heterocycles. The molecule has 0 aliphatic rings.